The van der Waals surface area contributed by atoms with Crippen LogP contribution in [0.15, 0.2) is 22.7 Å². The second kappa shape index (κ2) is 4.86. The molecule has 2 aliphatic rings. The number of halogens is 1. The fourth-order valence-corrected chi connectivity index (χ4v) is 3.55. The predicted molar refractivity (Wildman–Crippen MR) is 76.7 cm³/mol. The molecule has 0 atom stereocenters. The van der Waals surface area contributed by atoms with Gasteiger partial charge in [0, 0.05) is 5.54 Å². The smallest absolute Gasteiger partial charge is 0.133 e. The predicted octanol–water partition coefficient (Wildman–Crippen LogP) is 3.97. The van der Waals surface area contributed by atoms with E-state index < -0.39 is 0 Å². The van der Waals surface area contributed by atoms with Crippen LogP contribution < -0.4 is 10.5 Å². The number of ether oxygens (including phenoxy) is 1. The summed E-state index contributed by atoms with van der Waals surface area (Å²) in [6.45, 7) is 0.847. The van der Waals surface area contributed by atoms with Crippen LogP contribution in [0.1, 0.15) is 44.1 Å². The maximum absolute atomic E-state index is 6.53. The molecule has 2 aliphatic carbocycles. The van der Waals surface area contributed by atoms with Gasteiger partial charge >= 0.3 is 0 Å². The van der Waals surface area contributed by atoms with Gasteiger partial charge in [0.15, 0.2) is 0 Å². The van der Waals surface area contributed by atoms with Gasteiger partial charge in [0.2, 0.25) is 0 Å². The van der Waals surface area contributed by atoms with E-state index in [1.807, 2.05) is 6.07 Å². The largest absolute Gasteiger partial charge is 0.492 e. The van der Waals surface area contributed by atoms with Crippen molar-refractivity contribution in [2.45, 2.75) is 44.1 Å². The van der Waals surface area contributed by atoms with E-state index in [0.29, 0.717) is 0 Å². The number of hydrogen-bond acceptors (Lipinski definition) is 2. The molecule has 2 fully saturated rings. The highest BCUT2D eigenvalue weighted by Crippen LogP contribution is 2.43. The summed E-state index contributed by atoms with van der Waals surface area (Å²) in [5.74, 6) is 1.73. The first kappa shape index (κ1) is 12.5. The molecule has 2 saturated carbocycles. The van der Waals surface area contributed by atoms with Crippen LogP contribution in [0.2, 0.25) is 0 Å². The lowest BCUT2D eigenvalue weighted by Gasteiger charge is -2.26. The van der Waals surface area contributed by atoms with Crippen LogP contribution in [-0.4, -0.2) is 6.61 Å². The first-order valence-electron chi connectivity index (χ1n) is 6.90. The standard InChI is InChI=1S/C15H20BrNO/c16-14-12(15(17)8-1-2-9-15)4-3-5-13(14)18-10-11-6-7-11/h3-5,11H,1-2,6-10,17H2. The van der Waals surface area contributed by atoms with E-state index in [9.17, 15) is 0 Å². The van der Waals surface area contributed by atoms with Gasteiger partial charge in [-0.05, 0) is 59.2 Å². The maximum Gasteiger partial charge on any atom is 0.133 e. The Hall–Kier alpha value is -0.540. The average molecular weight is 310 g/mol. The molecule has 0 aromatic heterocycles. The molecule has 0 radical (unpaired) electrons. The van der Waals surface area contributed by atoms with Crippen LogP contribution in [0, 0.1) is 5.92 Å². The van der Waals surface area contributed by atoms with E-state index in [2.05, 4.69) is 28.1 Å². The van der Waals surface area contributed by atoms with E-state index in [0.717, 1.165) is 35.6 Å². The van der Waals surface area contributed by atoms with Gasteiger partial charge in [0.25, 0.3) is 0 Å². The minimum absolute atomic E-state index is 0.155. The van der Waals surface area contributed by atoms with Crippen molar-refractivity contribution < 1.29 is 4.74 Å². The Kier molecular flexibility index (Phi) is 3.37. The molecule has 3 heteroatoms. The van der Waals surface area contributed by atoms with E-state index in [4.69, 9.17) is 10.5 Å². The second-order valence-corrected chi connectivity index (χ2v) is 6.53. The molecule has 98 valence electrons. The Balaban J connectivity index is 1.83. The fourth-order valence-electron chi connectivity index (χ4n) is 2.77. The summed E-state index contributed by atoms with van der Waals surface area (Å²) in [5, 5.41) is 0. The minimum atomic E-state index is -0.155. The summed E-state index contributed by atoms with van der Waals surface area (Å²) in [7, 11) is 0. The van der Waals surface area contributed by atoms with Crippen molar-refractivity contribution in [1.29, 1.82) is 0 Å². The molecular weight excluding hydrogens is 290 g/mol. The van der Waals surface area contributed by atoms with Crippen LogP contribution in [0.4, 0.5) is 0 Å². The zero-order chi connectivity index (χ0) is 12.6. The SMILES string of the molecule is NC1(c2cccc(OCC3CC3)c2Br)CCCC1. The van der Waals surface area contributed by atoms with Gasteiger partial charge in [0.05, 0.1) is 11.1 Å². The number of hydrogen-bond donors (Lipinski definition) is 1. The van der Waals surface area contributed by atoms with E-state index in [1.54, 1.807) is 0 Å². The maximum atomic E-state index is 6.53. The van der Waals surface area contributed by atoms with Crippen molar-refractivity contribution in [2.75, 3.05) is 6.61 Å². The minimum Gasteiger partial charge on any atom is -0.492 e. The van der Waals surface area contributed by atoms with Gasteiger partial charge in [0.1, 0.15) is 5.75 Å². The van der Waals surface area contributed by atoms with Crippen molar-refractivity contribution in [2.24, 2.45) is 11.7 Å². The van der Waals surface area contributed by atoms with Crippen molar-refractivity contribution in [3.8, 4) is 5.75 Å². The average Bonchev–Trinajstić information content (AvgIpc) is 3.09. The van der Waals surface area contributed by atoms with Crippen LogP contribution in [0.3, 0.4) is 0 Å². The van der Waals surface area contributed by atoms with Gasteiger partial charge in [-0.1, -0.05) is 25.0 Å². The third kappa shape index (κ3) is 2.43. The van der Waals surface area contributed by atoms with Gasteiger partial charge in [-0.2, -0.15) is 0 Å². The normalized spacial score (nSPS) is 22.1. The molecule has 2 nitrogen and oxygen atoms in total. The Labute approximate surface area is 117 Å². The lowest BCUT2D eigenvalue weighted by Crippen LogP contribution is -2.33. The van der Waals surface area contributed by atoms with Crippen molar-refractivity contribution in [3.05, 3.63) is 28.2 Å². The van der Waals surface area contributed by atoms with Gasteiger partial charge in [-0.25, -0.2) is 0 Å². The Morgan fingerprint density at radius 3 is 2.67 bits per heavy atom. The number of nitrogens with two attached hydrogens (primary N) is 1. The molecule has 0 amide bonds. The number of rotatable bonds is 4. The molecular formula is C15H20BrNO. The zero-order valence-electron chi connectivity index (χ0n) is 10.6. The topological polar surface area (TPSA) is 35.2 Å². The number of benzene rings is 1. The summed E-state index contributed by atoms with van der Waals surface area (Å²) >= 11 is 3.69. The monoisotopic (exact) mass is 309 g/mol. The molecule has 0 saturated heterocycles. The van der Waals surface area contributed by atoms with Crippen molar-refractivity contribution in [1.82, 2.24) is 0 Å². The quantitative estimate of drug-likeness (QED) is 0.913. The first-order valence-corrected chi connectivity index (χ1v) is 7.69. The van der Waals surface area contributed by atoms with E-state index in [1.165, 1.54) is 31.2 Å². The highest BCUT2D eigenvalue weighted by atomic mass is 79.9. The highest BCUT2D eigenvalue weighted by molar-refractivity contribution is 9.10. The molecule has 0 spiro atoms. The summed E-state index contributed by atoms with van der Waals surface area (Å²) in [5.41, 5.74) is 7.59. The molecule has 18 heavy (non-hydrogen) atoms. The van der Waals surface area contributed by atoms with Gasteiger partial charge in [-0.15, -0.1) is 0 Å². The first-order chi connectivity index (χ1) is 8.69. The molecule has 0 unspecified atom stereocenters. The third-order valence-electron chi connectivity index (χ3n) is 4.17. The molecule has 0 heterocycles. The Morgan fingerprint density at radius 1 is 1.28 bits per heavy atom. The van der Waals surface area contributed by atoms with Crippen LogP contribution in [0.5, 0.6) is 5.75 Å². The molecule has 0 bridgehead atoms. The Morgan fingerprint density at radius 2 is 2.00 bits per heavy atom. The summed E-state index contributed by atoms with van der Waals surface area (Å²) in [4.78, 5) is 0. The van der Waals surface area contributed by atoms with E-state index >= 15 is 0 Å². The summed E-state index contributed by atoms with van der Waals surface area (Å²) in [6, 6.07) is 6.24. The van der Waals surface area contributed by atoms with Crippen LogP contribution in [0.25, 0.3) is 0 Å². The molecule has 1 aromatic rings. The van der Waals surface area contributed by atoms with Crippen LogP contribution >= 0.6 is 15.9 Å². The molecule has 0 aliphatic heterocycles. The van der Waals surface area contributed by atoms with Crippen molar-refractivity contribution in [3.63, 3.8) is 0 Å². The lowest BCUT2D eigenvalue weighted by atomic mass is 9.89. The summed E-state index contributed by atoms with van der Waals surface area (Å²) < 4.78 is 6.97. The molecule has 3 rings (SSSR count). The second-order valence-electron chi connectivity index (χ2n) is 5.74. The molecule has 2 N–H and O–H groups in total. The lowest BCUT2D eigenvalue weighted by molar-refractivity contribution is 0.296. The van der Waals surface area contributed by atoms with Crippen molar-refractivity contribution >= 4 is 15.9 Å². The molecule has 1 aromatic carbocycles. The van der Waals surface area contributed by atoms with E-state index in [-0.39, 0.29) is 5.54 Å². The van der Waals surface area contributed by atoms with Gasteiger partial charge < -0.3 is 10.5 Å². The van der Waals surface area contributed by atoms with Crippen LogP contribution in [-0.2, 0) is 5.54 Å². The summed E-state index contributed by atoms with van der Waals surface area (Å²) in [6.07, 6.45) is 7.26. The van der Waals surface area contributed by atoms with Gasteiger partial charge in [-0.3, -0.25) is 0 Å². The Bertz CT molecular complexity index is 436. The highest BCUT2D eigenvalue weighted by Gasteiger charge is 2.33. The zero-order valence-corrected chi connectivity index (χ0v) is 12.2. The fraction of sp³-hybridized carbons (Fsp3) is 0.600. The third-order valence-corrected chi connectivity index (χ3v) is 4.98.